The molecule has 2 N–H and O–H groups in total. The number of benzene rings is 3. The summed E-state index contributed by atoms with van der Waals surface area (Å²) in [6.07, 6.45) is -4.42. The van der Waals surface area contributed by atoms with Crippen LogP contribution < -0.4 is 10.1 Å². The Hall–Kier alpha value is -3.81. The van der Waals surface area contributed by atoms with Crippen molar-refractivity contribution >= 4 is 11.9 Å². The summed E-state index contributed by atoms with van der Waals surface area (Å²) < 4.78 is 43.3. The molecule has 0 unspecified atom stereocenters. The van der Waals surface area contributed by atoms with Crippen LogP contribution in [0.5, 0.6) is 5.75 Å². The average Bonchev–Trinajstić information content (AvgIpc) is 2.76. The van der Waals surface area contributed by atoms with Crippen molar-refractivity contribution in [1.82, 2.24) is 5.32 Å². The van der Waals surface area contributed by atoms with E-state index >= 15 is 0 Å². The number of alkyl halides is 3. The second-order valence-corrected chi connectivity index (χ2v) is 6.68. The molecule has 0 heterocycles. The van der Waals surface area contributed by atoms with Crippen molar-refractivity contribution < 1.29 is 32.6 Å². The summed E-state index contributed by atoms with van der Waals surface area (Å²) in [7, 11) is 1.41. The number of rotatable bonds is 6. The summed E-state index contributed by atoms with van der Waals surface area (Å²) in [5.41, 5.74) is 1.29. The molecule has 160 valence electrons. The number of nitrogens with one attached hydrogen (secondary N) is 1. The normalized spacial score (nSPS) is 11.1. The van der Waals surface area contributed by atoms with Crippen LogP contribution in [0.2, 0.25) is 0 Å². The highest BCUT2D eigenvalue weighted by atomic mass is 19.4. The molecule has 0 aromatic heterocycles. The van der Waals surface area contributed by atoms with Crippen LogP contribution in [0, 0.1) is 0 Å². The van der Waals surface area contributed by atoms with E-state index in [1.807, 2.05) is 0 Å². The first-order valence-corrected chi connectivity index (χ1v) is 9.15. The van der Waals surface area contributed by atoms with Crippen molar-refractivity contribution in [2.75, 3.05) is 7.11 Å². The fourth-order valence-corrected chi connectivity index (χ4v) is 2.99. The predicted octanol–water partition coefficient (Wildman–Crippen LogP) is 5.01. The molecule has 0 aliphatic heterocycles. The number of ether oxygens (including phenoxy) is 1. The molecule has 1 amide bonds. The molecule has 0 saturated carbocycles. The van der Waals surface area contributed by atoms with E-state index in [9.17, 15) is 27.9 Å². The molecular formula is C23H18F3NO4. The van der Waals surface area contributed by atoms with Crippen molar-refractivity contribution in [3.63, 3.8) is 0 Å². The minimum absolute atomic E-state index is 0.0266. The van der Waals surface area contributed by atoms with Crippen LogP contribution in [-0.2, 0) is 12.7 Å². The number of halogens is 3. The van der Waals surface area contributed by atoms with Crippen molar-refractivity contribution in [3.8, 4) is 16.9 Å². The Morgan fingerprint density at radius 1 is 0.968 bits per heavy atom. The number of hydrogen-bond donors (Lipinski definition) is 2. The Morgan fingerprint density at radius 2 is 1.65 bits per heavy atom. The molecule has 0 fully saturated rings. The highest BCUT2D eigenvalue weighted by Gasteiger charge is 2.29. The summed E-state index contributed by atoms with van der Waals surface area (Å²) >= 11 is 0. The van der Waals surface area contributed by atoms with E-state index in [4.69, 9.17) is 4.74 Å². The molecule has 3 aromatic rings. The number of amides is 1. The Labute approximate surface area is 176 Å². The smallest absolute Gasteiger partial charge is 0.416 e. The lowest BCUT2D eigenvalue weighted by atomic mass is 10.00. The lowest BCUT2D eigenvalue weighted by Gasteiger charge is -2.12. The zero-order valence-electron chi connectivity index (χ0n) is 16.4. The fourth-order valence-electron chi connectivity index (χ4n) is 2.99. The van der Waals surface area contributed by atoms with E-state index in [0.29, 0.717) is 22.4 Å². The average molecular weight is 429 g/mol. The minimum atomic E-state index is -4.42. The molecule has 3 aromatic carbocycles. The summed E-state index contributed by atoms with van der Waals surface area (Å²) in [5.74, 6) is -1.24. The Kier molecular flexibility index (Phi) is 6.29. The number of hydrogen-bond acceptors (Lipinski definition) is 3. The van der Waals surface area contributed by atoms with Crippen molar-refractivity contribution in [3.05, 3.63) is 89.0 Å². The van der Waals surface area contributed by atoms with Gasteiger partial charge in [-0.25, -0.2) is 4.79 Å². The molecule has 8 heteroatoms. The van der Waals surface area contributed by atoms with Crippen LogP contribution in [0.3, 0.4) is 0 Å². The van der Waals surface area contributed by atoms with E-state index < -0.39 is 23.6 Å². The molecular weight excluding hydrogens is 411 g/mol. The maximum atomic E-state index is 12.7. The van der Waals surface area contributed by atoms with Gasteiger partial charge in [-0.05, 0) is 53.1 Å². The van der Waals surface area contributed by atoms with Gasteiger partial charge in [0.05, 0.1) is 23.8 Å². The number of carbonyl (C=O) groups excluding carboxylic acids is 1. The third-order valence-corrected chi connectivity index (χ3v) is 4.62. The van der Waals surface area contributed by atoms with Gasteiger partial charge >= 0.3 is 12.1 Å². The van der Waals surface area contributed by atoms with Gasteiger partial charge in [0.25, 0.3) is 5.91 Å². The number of aromatic carboxylic acids is 1. The molecule has 0 aliphatic rings. The van der Waals surface area contributed by atoms with E-state index in [0.717, 1.165) is 12.1 Å². The molecule has 0 aliphatic carbocycles. The van der Waals surface area contributed by atoms with Gasteiger partial charge in [-0.3, -0.25) is 4.79 Å². The Bertz CT molecular complexity index is 1110. The minimum Gasteiger partial charge on any atom is -0.496 e. The number of carbonyl (C=O) groups is 2. The van der Waals surface area contributed by atoms with Crippen LogP contribution >= 0.6 is 0 Å². The lowest BCUT2D eigenvalue weighted by molar-refractivity contribution is -0.137. The van der Waals surface area contributed by atoms with Gasteiger partial charge in [0.15, 0.2) is 0 Å². The Morgan fingerprint density at radius 3 is 2.26 bits per heavy atom. The second kappa shape index (κ2) is 8.91. The van der Waals surface area contributed by atoms with Crippen LogP contribution in [0.25, 0.3) is 11.1 Å². The summed E-state index contributed by atoms with van der Waals surface area (Å²) in [5, 5.41) is 11.8. The summed E-state index contributed by atoms with van der Waals surface area (Å²) in [4.78, 5) is 23.9. The van der Waals surface area contributed by atoms with Crippen molar-refractivity contribution in [2.24, 2.45) is 0 Å². The zero-order chi connectivity index (χ0) is 22.6. The van der Waals surface area contributed by atoms with Gasteiger partial charge in [0.2, 0.25) is 0 Å². The first-order chi connectivity index (χ1) is 14.7. The van der Waals surface area contributed by atoms with Crippen LogP contribution in [0.1, 0.15) is 31.8 Å². The van der Waals surface area contributed by atoms with Crippen molar-refractivity contribution in [2.45, 2.75) is 12.7 Å². The summed E-state index contributed by atoms with van der Waals surface area (Å²) in [6, 6.07) is 15.7. The molecule has 0 bridgehead atoms. The third-order valence-electron chi connectivity index (χ3n) is 4.62. The van der Waals surface area contributed by atoms with Crippen LogP contribution in [0.4, 0.5) is 13.2 Å². The second-order valence-electron chi connectivity index (χ2n) is 6.68. The van der Waals surface area contributed by atoms with Gasteiger partial charge in [-0.2, -0.15) is 13.2 Å². The van der Waals surface area contributed by atoms with Gasteiger partial charge < -0.3 is 15.2 Å². The number of carboxylic acids is 1. The zero-order valence-corrected chi connectivity index (χ0v) is 16.4. The largest absolute Gasteiger partial charge is 0.496 e. The maximum Gasteiger partial charge on any atom is 0.416 e. The predicted molar refractivity (Wildman–Crippen MR) is 108 cm³/mol. The third kappa shape index (κ3) is 5.22. The van der Waals surface area contributed by atoms with Gasteiger partial charge in [0.1, 0.15) is 5.75 Å². The SMILES string of the molecule is COc1ccc(-c2cccc(C(=O)O)c2)cc1C(=O)NCc1ccc(C(F)(F)F)cc1. The maximum absolute atomic E-state index is 12.7. The molecule has 5 nitrogen and oxygen atoms in total. The van der Waals surface area contributed by atoms with Gasteiger partial charge in [-0.15, -0.1) is 0 Å². The lowest BCUT2D eigenvalue weighted by Crippen LogP contribution is -2.23. The first-order valence-electron chi connectivity index (χ1n) is 9.15. The molecule has 31 heavy (non-hydrogen) atoms. The molecule has 0 saturated heterocycles. The Balaban J connectivity index is 1.81. The number of carboxylic acid groups (broad SMARTS) is 1. The molecule has 0 radical (unpaired) electrons. The first kappa shape index (κ1) is 21.9. The van der Waals surface area contributed by atoms with E-state index in [1.165, 1.54) is 31.4 Å². The number of methoxy groups -OCH3 is 1. The van der Waals surface area contributed by atoms with Crippen LogP contribution in [0.15, 0.2) is 66.7 Å². The molecule has 3 rings (SSSR count). The molecule has 0 spiro atoms. The monoisotopic (exact) mass is 429 g/mol. The van der Waals surface area contributed by atoms with E-state index in [1.54, 1.807) is 30.3 Å². The highest BCUT2D eigenvalue weighted by Crippen LogP contribution is 2.29. The quantitative estimate of drug-likeness (QED) is 0.578. The van der Waals surface area contributed by atoms with E-state index in [2.05, 4.69) is 5.32 Å². The topological polar surface area (TPSA) is 75.6 Å². The molecule has 0 atom stereocenters. The highest BCUT2D eigenvalue weighted by molar-refractivity contribution is 5.98. The van der Waals surface area contributed by atoms with Gasteiger partial charge in [0, 0.05) is 6.54 Å². The standard InChI is InChI=1S/C23H18F3NO4/c1-31-20-10-7-16(15-3-2-4-17(11-15)22(29)30)12-19(20)21(28)27-13-14-5-8-18(9-6-14)23(24,25)26/h2-12H,13H2,1H3,(H,27,28)(H,29,30). The van der Waals surface area contributed by atoms with Crippen LogP contribution in [-0.4, -0.2) is 24.1 Å². The van der Waals surface area contributed by atoms with E-state index in [-0.39, 0.29) is 17.7 Å². The fraction of sp³-hybridized carbons (Fsp3) is 0.130. The van der Waals surface area contributed by atoms with Crippen molar-refractivity contribution in [1.29, 1.82) is 0 Å². The van der Waals surface area contributed by atoms with Gasteiger partial charge in [-0.1, -0.05) is 30.3 Å². The summed E-state index contributed by atoms with van der Waals surface area (Å²) in [6.45, 7) is 0.0266.